The first-order chi connectivity index (χ1) is 9.16. The summed E-state index contributed by atoms with van der Waals surface area (Å²) in [7, 11) is 0. The van der Waals surface area contributed by atoms with Crippen LogP contribution in [0.3, 0.4) is 0 Å². The fourth-order valence-corrected chi connectivity index (χ4v) is 1.55. The molecule has 0 saturated heterocycles. The zero-order valence-corrected chi connectivity index (χ0v) is 11.1. The van der Waals surface area contributed by atoms with Gasteiger partial charge in [-0.25, -0.2) is 10.4 Å². The number of carbonyl (C=O) groups is 1. The molecule has 5 heteroatoms. The second kappa shape index (κ2) is 6.11. The molecular formula is C14H12ClN3O. The summed E-state index contributed by atoms with van der Waals surface area (Å²) in [6.45, 7) is 1.79. The number of carbonyl (C=O) groups excluding carboxylic acids is 1. The van der Waals surface area contributed by atoms with Gasteiger partial charge in [-0.15, -0.1) is 0 Å². The van der Waals surface area contributed by atoms with E-state index in [1.807, 2.05) is 6.07 Å². The molecule has 19 heavy (non-hydrogen) atoms. The molecular weight excluding hydrogens is 262 g/mol. The molecule has 0 saturated carbocycles. The monoisotopic (exact) mass is 273 g/mol. The summed E-state index contributed by atoms with van der Waals surface area (Å²) in [5, 5.41) is 4.46. The average molecular weight is 274 g/mol. The van der Waals surface area contributed by atoms with Gasteiger partial charge in [0.1, 0.15) is 5.15 Å². The molecule has 0 spiro atoms. The standard InChI is InChI=1S/C14H12ClN3O/c1-10(12-7-8-13(15)16-9-12)17-18-14(19)11-5-3-2-4-6-11/h2-9H,1H3,(H,18,19). The highest BCUT2D eigenvalue weighted by atomic mass is 35.5. The van der Waals surface area contributed by atoms with Crippen molar-refractivity contribution in [2.24, 2.45) is 5.10 Å². The van der Waals surface area contributed by atoms with E-state index in [9.17, 15) is 4.79 Å². The molecule has 1 aromatic heterocycles. The van der Waals surface area contributed by atoms with Crippen LogP contribution < -0.4 is 5.43 Å². The SMILES string of the molecule is CC(=NNC(=O)c1ccccc1)c1ccc(Cl)nc1. The van der Waals surface area contributed by atoms with Crippen molar-refractivity contribution in [3.8, 4) is 0 Å². The van der Waals surface area contributed by atoms with Crippen LogP contribution in [0.4, 0.5) is 0 Å². The van der Waals surface area contributed by atoms with Crippen molar-refractivity contribution in [3.05, 3.63) is 64.9 Å². The van der Waals surface area contributed by atoms with Crippen molar-refractivity contribution in [3.63, 3.8) is 0 Å². The maximum atomic E-state index is 11.8. The molecule has 2 aromatic rings. The van der Waals surface area contributed by atoms with Crippen LogP contribution in [0.2, 0.25) is 5.15 Å². The Bertz CT molecular complexity index is 594. The molecule has 1 aromatic carbocycles. The fourth-order valence-electron chi connectivity index (χ4n) is 1.44. The normalized spacial score (nSPS) is 11.2. The van der Waals surface area contributed by atoms with Gasteiger partial charge in [-0.1, -0.05) is 29.8 Å². The van der Waals surface area contributed by atoms with E-state index in [-0.39, 0.29) is 5.91 Å². The second-order valence-corrected chi connectivity index (χ2v) is 4.26. The number of halogens is 1. The molecule has 0 bridgehead atoms. The summed E-state index contributed by atoms with van der Waals surface area (Å²) in [4.78, 5) is 15.7. The summed E-state index contributed by atoms with van der Waals surface area (Å²) in [5.74, 6) is -0.248. The van der Waals surface area contributed by atoms with Crippen LogP contribution in [0.5, 0.6) is 0 Å². The Morgan fingerprint density at radius 3 is 2.53 bits per heavy atom. The quantitative estimate of drug-likeness (QED) is 0.531. The van der Waals surface area contributed by atoms with E-state index < -0.39 is 0 Å². The van der Waals surface area contributed by atoms with Gasteiger partial charge < -0.3 is 0 Å². The van der Waals surface area contributed by atoms with E-state index >= 15 is 0 Å². The van der Waals surface area contributed by atoms with Crippen LogP contribution in [0.1, 0.15) is 22.8 Å². The topological polar surface area (TPSA) is 54.4 Å². The van der Waals surface area contributed by atoms with Gasteiger partial charge in [0.2, 0.25) is 0 Å². The Morgan fingerprint density at radius 2 is 1.89 bits per heavy atom. The zero-order valence-electron chi connectivity index (χ0n) is 10.3. The largest absolute Gasteiger partial charge is 0.271 e. The number of rotatable bonds is 3. The van der Waals surface area contributed by atoms with Gasteiger partial charge in [0.05, 0.1) is 5.71 Å². The van der Waals surface area contributed by atoms with Crippen LogP contribution in [0, 0.1) is 0 Å². The summed E-state index contributed by atoms with van der Waals surface area (Å²) in [5.41, 5.74) is 4.53. The molecule has 0 atom stereocenters. The molecule has 0 aliphatic carbocycles. The third kappa shape index (κ3) is 3.63. The van der Waals surface area contributed by atoms with Crippen molar-refractivity contribution < 1.29 is 4.79 Å². The Kier molecular flexibility index (Phi) is 4.26. The summed E-state index contributed by atoms with van der Waals surface area (Å²) >= 11 is 5.70. The van der Waals surface area contributed by atoms with Crippen molar-refractivity contribution in [2.75, 3.05) is 0 Å². The number of nitrogens with zero attached hydrogens (tertiary/aromatic N) is 2. The third-order valence-corrected chi connectivity index (χ3v) is 2.73. The number of hydrogen-bond acceptors (Lipinski definition) is 3. The molecule has 0 fully saturated rings. The highest BCUT2D eigenvalue weighted by Crippen LogP contribution is 2.06. The minimum absolute atomic E-state index is 0.248. The number of pyridine rings is 1. The van der Waals surface area contributed by atoms with Gasteiger partial charge in [-0.3, -0.25) is 4.79 Å². The molecule has 4 nitrogen and oxygen atoms in total. The lowest BCUT2D eigenvalue weighted by Gasteiger charge is -2.02. The highest BCUT2D eigenvalue weighted by Gasteiger charge is 2.03. The van der Waals surface area contributed by atoms with Crippen LogP contribution in [0.25, 0.3) is 0 Å². The lowest BCUT2D eigenvalue weighted by Crippen LogP contribution is -2.19. The summed E-state index contributed by atoms with van der Waals surface area (Å²) < 4.78 is 0. The third-order valence-electron chi connectivity index (χ3n) is 2.51. The van der Waals surface area contributed by atoms with Gasteiger partial charge >= 0.3 is 0 Å². The lowest BCUT2D eigenvalue weighted by molar-refractivity contribution is 0.0955. The van der Waals surface area contributed by atoms with E-state index in [0.29, 0.717) is 16.4 Å². The second-order valence-electron chi connectivity index (χ2n) is 3.87. The predicted molar refractivity (Wildman–Crippen MR) is 75.4 cm³/mol. The molecule has 1 amide bonds. The number of aromatic nitrogens is 1. The summed E-state index contributed by atoms with van der Waals surface area (Å²) in [6.07, 6.45) is 1.61. The Hall–Kier alpha value is -2.20. The number of hydrazone groups is 1. The van der Waals surface area contributed by atoms with E-state index in [1.54, 1.807) is 49.5 Å². The van der Waals surface area contributed by atoms with Crippen LogP contribution in [-0.4, -0.2) is 16.6 Å². The van der Waals surface area contributed by atoms with Gasteiger partial charge in [-0.05, 0) is 31.2 Å². The first kappa shape index (κ1) is 13.2. The molecule has 1 N–H and O–H groups in total. The van der Waals surface area contributed by atoms with E-state index in [0.717, 1.165) is 5.56 Å². The molecule has 0 unspecified atom stereocenters. The van der Waals surface area contributed by atoms with E-state index in [1.165, 1.54) is 0 Å². The first-order valence-electron chi connectivity index (χ1n) is 5.68. The fraction of sp³-hybridized carbons (Fsp3) is 0.0714. The van der Waals surface area contributed by atoms with Crippen molar-refractivity contribution >= 4 is 23.2 Å². The first-order valence-corrected chi connectivity index (χ1v) is 6.06. The van der Waals surface area contributed by atoms with Crippen LogP contribution >= 0.6 is 11.6 Å². The zero-order chi connectivity index (χ0) is 13.7. The van der Waals surface area contributed by atoms with Crippen molar-refractivity contribution in [2.45, 2.75) is 6.92 Å². The minimum atomic E-state index is -0.248. The smallest absolute Gasteiger partial charge is 0.267 e. The number of amides is 1. The maximum Gasteiger partial charge on any atom is 0.271 e. The highest BCUT2D eigenvalue weighted by molar-refractivity contribution is 6.29. The number of nitrogens with one attached hydrogen (secondary N) is 1. The van der Waals surface area contributed by atoms with E-state index in [4.69, 9.17) is 11.6 Å². The Balaban J connectivity index is 2.06. The molecule has 2 rings (SSSR count). The maximum absolute atomic E-state index is 11.8. The van der Waals surface area contributed by atoms with Gasteiger partial charge in [-0.2, -0.15) is 5.10 Å². The molecule has 0 aliphatic rings. The Morgan fingerprint density at radius 1 is 1.16 bits per heavy atom. The molecule has 0 radical (unpaired) electrons. The predicted octanol–water partition coefficient (Wildman–Crippen LogP) is 2.89. The van der Waals surface area contributed by atoms with Gasteiger partial charge in [0.15, 0.2) is 0 Å². The molecule has 96 valence electrons. The average Bonchev–Trinajstić information content (AvgIpc) is 2.46. The van der Waals surface area contributed by atoms with Gasteiger partial charge in [0, 0.05) is 17.3 Å². The van der Waals surface area contributed by atoms with Crippen LogP contribution in [0.15, 0.2) is 53.8 Å². The summed E-state index contributed by atoms with van der Waals surface area (Å²) in [6, 6.07) is 12.4. The Labute approximate surface area is 116 Å². The molecule has 0 aliphatic heterocycles. The van der Waals surface area contributed by atoms with Crippen molar-refractivity contribution in [1.82, 2.24) is 10.4 Å². The van der Waals surface area contributed by atoms with Crippen molar-refractivity contribution in [1.29, 1.82) is 0 Å². The van der Waals surface area contributed by atoms with Gasteiger partial charge in [0.25, 0.3) is 5.91 Å². The number of benzene rings is 1. The molecule has 1 heterocycles. The minimum Gasteiger partial charge on any atom is -0.267 e. The van der Waals surface area contributed by atoms with Crippen LogP contribution in [-0.2, 0) is 0 Å². The number of hydrogen-bond donors (Lipinski definition) is 1. The van der Waals surface area contributed by atoms with E-state index in [2.05, 4.69) is 15.5 Å². The lowest BCUT2D eigenvalue weighted by atomic mass is 10.2.